The van der Waals surface area contributed by atoms with Crippen molar-refractivity contribution in [1.82, 2.24) is 10.2 Å². The van der Waals surface area contributed by atoms with E-state index in [2.05, 4.69) is 10.6 Å². The van der Waals surface area contributed by atoms with E-state index in [1.807, 2.05) is 42.5 Å². The van der Waals surface area contributed by atoms with E-state index in [0.29, 0.717) is 44.0 Å². The van der Waals surface area contributed by atoms with Crippen LogP contribution in [0.5, 0.6) is 11.5 Å². The van der Waals surface area contributed by atoms with Crippen molar-refractivity contribution in [2.75, 3.05) is 25.2 Å². The van der Waals surface area contributed by atoms with Crippen LogP contribution in [0.4, 0.5) is 5.69 Å². The monoisotopic (exact) mass is 453 g/mol. The first-order valence-corrected chi connectivity index (χ1v) is 11.5. The molecule has 1 fully saturated rings. The highest BCUT2D eigenvalue weighted by Gasteiger charge is 2.37. The molecule has 5 rings (SSSR count). The summed E-state index contributed by atoms with van der Waals surface area (Å²) in [5.74, 6) is 0.750. The summed E-state index contributed by atoms with van der Waals surface area (Å²) in [5.41, 5.74) is 1.68. The van der Waals surface area contributed by atoms with Crippen molar-refractivity contribution in [1.29, 1.82) is 0 Å². The number of ether oxygens (including phenoxy) is 2. The van der Waals surface area contributed by atoms with Crippen LogP contribution in [0, 0.1) is 5.92 Å². The van der Waals surface area contributed by atoms with Crippen molar-refractivity contribution in [3.05, 3.63) is 48.0 Å². The van der Waals surface area contributed by atoms with Gasteiger partial charge in [-0.15, -0.1) is 11.8 Å². The summed E-state index contributed by atoms with van der Waals surface area (Å²) in [6.45, 7) is 1.56. The molecular formula is C23H23N3O5S. The molecule has 0 bridgehead atoms. The van der Waals surface area contributed by atoms with Crippen LogP contribution in [0.15, 0.2) is 47.4 Å². The van der Waals surface area contributed by atoms with Gasteiger partial charge in [0.25, 0.3) is 0 Å². The first-order chi connectivity index (χ1) is 15.6. The second kappa shape index (κ2) is 8.74. The summed E-state index contributed by atoms with van der Waals surface area (Å²) in [6.07, 6.45) is 1.16. The Hall–Kier alpha value is -3.20. The van der Waals surface area contributed by atoms with E-state index in [9.17, 15) is 14.4 Å². The van der Waals surface area contributed by atoms with Gasteiger partial charge in [-0.05, 0) is 42.7 Å². The molecule has 3 aliphatic heterocycles. The first-order valence-electron chi connectivity index (χ1n) is 10.6. The topological polar surface area (TPSA) is 97.0 Å². The molecule has 0 saturated carbocycles. The predicted octanol–water partition coefficient (Wildman–Crippen LogP) is 2.38. The Morgan fingerprint density at radius 2 is 1.88 bits per heavy atom. The van der Waals surface area contributed by atoms with E-state index in [4.69, 9.17) is 9.47 Å². The number of para-hydroxylation sites is 1. The summed E-state index contributed by atoms with van der Waals surface area (Å²) in [6, 6.07) is 13.1. The van der Waals surface area contributed by atoms with Gasteiger partial charge in [0.15, 0.2) is 16.7 Å². The number of thioether (sulfide) groups is 1. The lowest BCUT2D eigenvalue weighted by Crippen LogP contribution is -2.49. The second-order valence-corrected chi connectivity index (χ2v) is 9.14. The van der Waals surface area contributed by atoms with Crippen molar-refractivity contribution < 1.29 is 23.9 Å². The fraction of sp³-hybridized carbons (Fsp3) is 0.348. The molecule has 0 radical (unpaired) electrons. The summed E-state index contributed by atoms with van der Waals surface area (Å²) >= 11 is 1.29. The van der Waals surface area contributed by atoms with Crippen molar-refractivity contribution >= 4 is 35.2 Å². The highest BCUT2D eigenvalue weighted by Crippen LogP contribution is 2.36. The van der Waals surface area contributed by atoms with E-state index in [1.54, 1.807) is 4.90 Å². The number of carbonyl (C=O) groups is 3. The maximum Gasteiger partial charge on any atom is 0.247 e. The Morgan fingerprint density at radius 1 is 1.09 bits per heavy atom. The van der Waals surface area contributed by atoms with Crippen molar-refractivity contribution in [2.45, 2.75) is 29.5 Å². The minimum atomic E-state index is -0.790. The van der Waals surface area contributed by atoms with Crippen LogP contribution in [0.25, 0.3) is 0 Å². The lowest BCUT2D eigenvalue weighted by Gasteiger charge is -2.34. The highest BCUT2D eigenvalue weighted by molar-refractivity contribution is 8.01. The van der Waals surface area contributed by atoms with E-state index in [0.717, 1.165) is 16.1 Å². The van der Waals surface area contributed by atoms with Crippen LogP contribution in [-0.2, 0) is 20.9 Å². The molecule has 0 aliphatic carbocycles. The van der Waals surface area contributed by atoms with Gasteiger partial charge in [-0.25, -0.2) is 0 Å². The Balaban J connectivity index is 1.12. The van der Waals surface area contributed by atoms with Gasteiger partial charge in [-0.2, -0.15) is 0 Å². The zero-order chi connectivity index (χ0) is 22.1. The highest BCUT2D eigenvalue weighted by atomic mass is 32.2. The number of hydrogen-bond donors (Lipinski definition) is 2. The normalized spacial score (nSPS) is 19.8. The average molecular weight is 454 g/mol. The zero-order valence-corrected chi connectivity index (χ0v) is 18.2. The van der Waals surface area contributed by atoms with E-state index in [1.165, 1.54) is 11.8 Å². The van der Waals surface area contributed by atoms with Crippen LogP contribution in [-0.4, -0.2) is 47.8 Å². The fourth-order valence-electron chi connectivity index (χ4n) is 4.13. The molecule has 32 heavy (non-hydrogen) atoms. The molecule has 1 atom stereocenters. The van der Waals surface area contributed by atoms with Crippen molar-refractivity contribution in [2.24, 2.45) is 5.92 Å². The average Bonchev–Trinajstić information content (AvgIpc) is 3.30. The van der Waals surface area contributed by atoms with Crippen LogP contribution in [0.2, 0.25) is 0 Å². The molecule has 9 heteroatoms. The summed E-state index contributed by atoms with van der Waals surface area (Å²) < 4.78 is 10.7. The molecule has 1 saturated heterocycles. The number of amides is 3. The standard InChI is InChI=1S/C23H23N3O5S/c27-21(24-12-14-5-6-17-18(11-14)31-13-30-17)15-7-9-26(10-8-15)23(29)20-22(28)25-16-3-1-2-4-19(16)32-20/h1-6,11,15,20H,7-10,12-13H2,(H,24,27)(H,25,28)/t20-/m1/s1. The number of likely N-dealkylation sites (tertiary alicyclic amines) is 1. The number of benzene rings is 2. The number of hydrogen-bond acceptors (Lipinski definition) is 6. The van der Waals surface area contributed by atoms with Gasteiger partial charge in [-0.1, -0.05) is 18.2 Å². The van der Waals surface area contributed by atoms with Gasteiger partial charge in [0.05, 0.1) is 5.69 Å². The number of piperidine rings is 1. The molecule has 8 nitrogen and oxygen atoms in total. The summed E-state index contributed by atoms with van der Waals surface area (Å²) in [7, 11) is 0. The Labute approximate surface area is 189 Å². The van der Waals surface area contributed by atoms with Gasteiger partial charge >= 0.3 is 0 Å². The lowest BCUT2D eigenvalue weighted by molar-refractivity contribution is -0.137. The van der Waals surface area contributed by atoms with Crippen LogP contribution in [0.3, 0.4) is 0 Å². The van der Waals surface area contributed by atoms with E-state index < -0.39 is 5.25 Å². The maximum absolute atomic E-state index is 13.0. The molecule has 2 aromatic rings. The van der Waals surface area contributed by atoms with Crippen molar-refractivity contribution in [3.63, 3.8) is 0 Å². The third kappa shape index (κ3) is 4.12. The zero-order valence-electron chi connectivity index (χ0n) is 17.3. The number of carbonyl (C=O) groups excluding carboxylic acids is 3. The molecule has 3 amide bonds. The second-order valence-electron chi connectivity index (χ2n) is 7.99. The minimum absolute atomic E-state index is 0.0199. The third-order valence-corrected chi connectivity index (χ3v) is 7.19. The number of anilines is 1. The SMILES string of the molecule is O=C(NCc1ccc2c(c1)OCO2)C1CCN(C(=O)[C@@H]2Sc3ccccc3NC2=O)CC1. The van der Waals surface area contributed by atoms with Crippen LogP contribution in [0.1, 0.15) is 18.4 Å². The Kier molecular flexibility index (Phi) is 5.65. The number of nitrogens with zero attached hydrogens (tertiary/aromatic N) is 1. The Morgan fingerprint density at radius 3 is 2.72 bits per heavy atom. The minimum Gasteiger partial charge on any atom is -0.454 e. The van der Waals surface area contributed by atoms with E-state index in [-0.39, 0.29) is 30.4 Å². The maximum atomic E-state index is 13.0. The smallest absolute Gasteiger partial charge is 0.247 e. The summed E-state index contributed by atoms with van der Waals surface area (Å²) in [4.78, 5) is 40.6. The van der Waals surface area contributed by atoms with Crippen molar-refractivity contribution in [3.8, 4) is 11.5 Å². The Bertz CT molecular complexity index is 1070. The number of rotatable bonds is 4. The molecule has 2 N–H and O–H groups in total. The molecule has 166 valence electrons. The first kappa shape index (κ1) is 20.7. The van der Waals surface area contributed by atoms with Crippen LogP contribution >= 0.6 is 11.8 Å². The predicted molar refractivity (Wildman–Crippen MR) is 118 cm³/mol. The molecule has 0 aromatic heterocycles. The fourth-order valence-corrected chi connectivity index (χ4v) is 5.20. The van der Waals surface area contributed by atoms with Gasteiger partial charge in [-0.3, -0.25) is 14.4 Å². The molecule has 3 aliphatic rings. The quantitative estimate of drug-likeness (QED) is 0.690. The van der Waals surface area contributed by atoms with Gasteiger partial charge in [0.1, 0.15) is 0 Å². The van der Waals surface area contributed by atoms with E-state index >= 15 is 0 Å². The largest absolute Gasteiger partial charge is 0.454 e. The molecule has 3 heterocycles. The van der Waals surface area contributed by atoms with Crippen LogP contribution < -0.4 is 20.1 Å². The number of fused-ring (bicyclic) bond motifs is 2. The third-order valence-electron chi connectivity index (χ3n) is 5.93. The molecule has 0 spiro atoms. The van der Waals surface area contributed by atoms with Gasteiger partial charge in [0.2, 0.25) is 24.5 Å². The molecular weight excluding hydrogens is 430 g/mol. The number of nitrogens with one attached hydrogen (secondary N) is 2. The molecule has 0 unspecified atom stereocenters. The van der Waals surface area contributed by atoms with Gasteiger partial charge in [0, 0.05) is 30.4 Å². The molecule has 2 aromatic carbocycles. The summed E-state index contributed by atoms with van der Waals surface area (Å²) in [5, 5.41) is 5.00. The lowest BCUT2D eigenvalue weighted by atomic mass is 9.95. The van der Waals surface area contributed by atoms with Gasteiger partial charge < -0.3 is 25.0 Å².